The summed E-state index contributed by atoms with van der Waals surface area (Å²) in [6, 6.07) is 8.98. The number of anilines is 1. The number of piperidine rings is 2. The van der Waals surface area contributed by atoms with Crippen molar-refractivity contribution < 1.29 is 14.0 Å². The van der Waals surface area contributed by atoms with Crippen LogP contribution < -0.4 is 16.4 Å². The van der Waals surface area contributed by atoms with Gasteiger partial charge in [0.1, 0.15) is 23.6 Å². The Balaban J connectivity index is 1.73. The Bertz CT molecular complexity index is 940. The summed E-state index contributed by atoms with van der Waals surface area (Å²) in [7, 11) is 0. The first-order valence-corrected chi connectivity index (χ1v) is 10.2. The molecule has 2 atom stereocenters. The van der Waals surface area contributed by atoms with E-state index in [9.17, 15) is 9.59 Å². The molecule has 2 amide bonds. The molecule has 4 rings (SSSR count). The molecule has 2 fully saturated rings. The number of carbonyl (C=O) groups excluding carboxylic acids is 2. The topological polar surface area (TPSA) is 113 Å². The number of hydrogen-bond acceptors (Lipinski definition) is 6. The van der Waals surface area contributed by atoms with Crippen molar-refractivity contribution in [2.75, 3.05) is 18.8 Å². The van der Waals surface area contributed by atoms with Crippen LogP contribution >= 0.6 is 0 Å². The molecule has 0 bridgehead atoms. The zero-order chi connectivity index (χ0) is 21.1. The Morgan fingerprint density at radius 3 is 2.80 bits per heavy atom. The number of rotatable bonds is 5. The number of benzene rings is 1. The molecule has 0 saturated carbocycles. The first-order valence-electron chi connectivity index (χ1n) is 10.2. The van der Waals surface area contributed by atoms with Gasteiger partial charge in [0, 0.05) is 19.6 Å². The van der Waals surface area contributed by atoms with Crippen LogP contribution in [0.1, 0.15) is 36.9 Å². The molecule has 2 aromatic rings. The van der Waals surface area contributed by atoms with Crippen molar-refractivity contribution in [2.45, 2.75) is 43.8 Å². The Morgan fingerprint density at radius 2 is 2.03 bits per heavy atom. The average molecular weight is 412 g/mol. The number of likely N-dealkylation sites (tertiary alicyclic amines) is 1. The van der Waals surface area contributed by atoms with E-state index in [-0.39, 0.29) is 23.3 Å². The molecule has 2 aliphatic heterocycles. The molecular weight excluding hydrogens is 387 g/mol. The second kappa shape index (κ2) is 8.35. The van der Waals surface area contributed by atoms with Gasteiger partial charge in [0.15, 0.2) is 11.6 Å². The van der Waals surface area contributed by atoms with E-state index in [1.54, 1.807) is 4.90 Å². The van der Waals surface area contributed by atoms with Crippen molar-refractivity contribution in [2.24, 2.45) is 0 Å². The summed E-state index contributed by atoms with van der Waals surface area (Å²) in [6.45, 7) is 1.38. The van der Waals surface area contributed by atoms with Gasteiger partial charge in [0.05, 0.1) is 0 Å². The lowest BCUT2D eigenvalue weighted by atomic mass is 9.82. The number of aromatic nitrogens is 2. The minimum absolute atomic E-state index is 0.0724. The molecule has 2 aliphatic rings. The highest BCUT2D eigenvalue weighted by molar-refractivity contribution is 5.93. The van der Waals surface area contributed by atoms with E-state index >= 15 is 4.39 Å². The summed E-state index contributed by atoms with van der Waals surface area (Å²) < 4.78 is 15.0. The van der Waals surface area contributed by atoms with Gasteiger partial charge < -0.3 is 16.0 Å². The Labute approximate surface area is 174 Å². The van der Waals surface area contributed by atoms with Crippen LogP contribution in [0.4, 0.5) is 10.2 Å². The highest BCUT2D eigenvalue weighted by atomic mass is 19.1. The normalized spacial score (nSPS) is 24.6. The number of nitrogens with two attached hydrogens (primary N) is 1. The van der Waals surface area contributed by atoms with E-state index in [4.69, 9.17) is 5.73 Å². The number of nitrogen functional groups attached to an aromatic ring is 1. The fraction of sp³-hybridized carbons (Fsp3) is 0.429. The van der Waals surface area contributed by atoms with Crippen molar-refractivity contribution in [1.29, 1.82) is 0 Å². The van der Waals surface area contributed by atoms with Crippen LogP contribution in [0.15, 0.2) is 36.7 Å². The quantitative estimate of drug-likeness (QED) is 0.677. The maximum absolute atomic E-state index is 15.0. The van der Waals surface area contributed by atoms with E-state index in [1.807, 2.05) is 30.3 Å². The molecule has 158 valence electrons. The predicted octanol–water partition coefficient (Wildman–Crippen LogP) is 1.08. The molecule has 4 N–H and O–H groups in total. The summed E-state index contributed by atoms with van der Waals surface area (Å²) in [4.78, 5) is 35.6. The third-order valence-electron chi connectivity index (χ3n) is 5.87. The lowest BCUT2D eigenvalue weighted by Gasteiger charge is -2.45. The number of hydrogen-bond donors (Lipinski definition) is 3. The van der Waals surface area contributed by atoms with E-state index in [1.165, 1.54) is 6.33 Å². The molecule has 0 radical (unpaired) electrons. The van der Waals surface area contributed by atoms with Crippen LogP contribution in [0.5, 0.6) is 0 Å². The van der Waals surface area contributed by atoms with E-state index in [0.717, 1.165) is 12.0 Å². The number of halogens is 1. The molecule has 0 spiro atoms. The first-order chi connectivity index (χ1) is 14.5. The lowest BCUT2D eigenvalue weighted by molar-refractivity contribution is -0.151. The van der Waals surface area contributed by atoms with Gasteiger partial charge in [-0.2, -0.15) is 0 Å². The van der Waals surface area contributed by atoms with Crippen LogP contribution in [-0.4, -0.2) is 45.8 Å². The van der Waals surface area contributed by atoms with Gasteiger partial charge in [-0.05, 0) is 31.2 Å². The van der Waals surface area contributed by atoms with Crippen molar-refractivity contribution in [1.82, 2.24) is 25.5 Å². The van der Waals surface area contributed by atoms with Crippen molar-refractivity contribution >= 4 is 17.6 Å². The molecule has 30 heavy (non-hydrogen) atoms. The minimum Gasteiger partial charge on any atom is -0.381 e. The second-order valence-electron chi connectivity index (χ2n) is 7.72. The minimum atomic E-state index is -1.42. The molecule has 9 heteroatoms. The van der Waals surface area contributed by atoms with Gasteiger partial charge in [0.2, 0.25) is 11.8 Å². The van der Waals surface area contributed by atoms with Crippen molar-refractivity contribution in [3.8, 4) is 0 Å². The number of nitrogens with one attached hydrogen (secondary N) is 2. The molecule has 8 nitrogen and oxygen atoms in total. The van der Waals surface area contributed by atoms with Crippen LogP contribution in [0.2, 0.25) is 0 Å². The van der Waals surface area contributed by atoms with Gasteiger partial charge in [-0.3, -0.25) is 14.9 Å². The SMILES string of the molecule is Nc1ncnc(C2(NCc3ccccc3)CCCN([C@@H]3CCCNC3=O)C2=O)c1F. The first kappa shape index (κ1) is 20.2. The summed E-state index contributed by atoms with van der Waals surface area (Å²) in [5.41, 5.74) is 5.14. The number of amides is 2. The molecule has 1 unspecified atom stereocenters. The zero-order valence-corrected chi connectivity index (χ0v) is 16.6. The number of nitrogens with zero attached hydrogens (tertiary/aromatic N) is 3. The Morgan fingerprint density at radius 1 is 1.23 bits per heavy atom. The Hall–Kier alpha value is -3.07. The van der Waals surface area contributed by atoms with E-state index in [0.29, 0.717) is 38.9 Å². The maximum atomic E-state index is 15.0. The average Bonchev–Trinajstić information content (AvgIpc) is 2.77. The van der Waals surface area contributed by atoms with Crippen LogP contribution in [-0.2, 0) is 21.7 Å². The molecular formula is C21H25FN6O2. The smallest absolute Gasteiger partial charge is 0.249 e. The monoisotopic (exact) mass is 412 g/mol. The van der Waals surface area contributed by atoms with Gasteiger partial charge in [-0.25, -0.2) is 14.4 Å². The van der Waals surface area contributed by atoms with Gasteiger partial charge in [-0.1, -0.05) is 30.3 Å². The molecule has 0 aliphatic carbocycles. The standard InChI is InChI=1S/C21H25FN6O2/c22-16-17(25-13-26-18(16)23)21(27-12-14-6-2-1-3-7-14)9-5-11-28(20(21)30)15-8-4-10-24-19(15)29/h1-3,6-7,13,15,27H,4-5,8-12H2,(H,24,29)(H2,23,25,26)/t15-,21?/m1/s1. The molecule has 1 aromatic heterocycles. The largest absolute Gasteiger partial charge is 0.381 e. The number of carbonyl (C=O) groups is 2. The third kappa shape index (κ3) is 3.60. The third-order valence-corrected chi connectivity index (χ3v) is 5.87. The Kier molecular flexibility index (Phi) is 5.63. The molecule has 1 aromatic carbocycles. The van der Waals surface area contributed by atoms with Crippen LogP contribution in [0.3, 0.4) is 0 Å². The van der Waals surface area contributed by atoms with Crippen molar-refractivity contribution in [3.05, 3.63) is 53.7 Å². The second-order valence-corrected chi connectivity index (χ2v) is 7.72. The van der Waals surface area contributed by atoms with Gasteiger partial charge in [0.25, 0.3) is 0 Å². The van der Waals surface area contributed by atoms with E-state index in [2.05, 4.69) is 20.6 Å². The maximum Gasteiger partial charge on any atom is 0.249 e. The summed E-state index contributed by atoms with van der Waals surface area (Å²) in [5.74, 6) is -1.64. The van der Waals surface area contributed by atoms with Crippen molar-refractivity contribution in [3.63, 3.8) is 0 Å². The highest BCUT2D eigenvalue weighted by Gasteiger charge is 2.50. The highest BCUT2D eigenvalue weighted by Crippen LogP contribution is 2.36. The fourth-order valence-electron chi connectivity index (χ4n) is 4.32. The summed E-state index contributed by atoms with van der Waals surface area (Å²) in [6.07, 6.45) is 3.48. The van der Waals surface area contributed by atoms with Gasteiger partial charge >= 0.3 is 0 Å². The van der Waals surface area contributed by atoms with Crippen LogP contribution in [0, 0.1) is 5.82 Å². The zero-order valence-electron chi connectivity index (χ0n) is 16.6. The van der Waals surface area contributed by atoms with E-state index < -0.39 is 17.4 Å². The molecule has 3 heterocycles. The predicted molar refractivity (Wildman–Crippen MR) is 108 cm³/mol. The van der Waals surface area contributed by atoms with Gasteiger partial charge in [-0.15, -0.1) is 0 Å². The van der Waals surface area contributed by atoms with Crippen LogP contribution in [0.25, 0.3) is 0 Å². The summed E-state index contributed by atoms with van der Waals surface area (Å²) in [5, 5.41) is 6.08. The fourth-order valence-corrected chi connectivity index (χ4v) is 4.32. The summed E-state index contributed by atoms with van der Waals surface area (Å²) >= 11 is 0. The lowest BCUT2D eigenvalue weighted by Crippen LogP contribution is -2.64. The molecule has 2 saturated heterocycles.